The average molecular weight is 333 g/mol. The van der Waals surface area contributed by atoms with Crippen LogP contribution in [0, 0.1) is 17.9 Å². The molecule has 0 atom stereocenters. The summed E-state index contributed by atoms with van der Waals surface area (Å²) in [5.74, 6) is -1.07. The molecule has 0 aliphatic heterocycles. The van der Waals surface area contributed by atoms with Gasteiger partial charge in [-0.25, -0.2) is 9.64 Å². The molecule has 0 amide bonds. The number of aromatic carboxylic acids is 1. The molecule has 2 aromatic heterocycles. The summed E-state index contributed by atoms with van der Waals surface area (Å²) in [6, 6.07) is 11.2. The second kappa shape index (κ2) is 6.04. The Bertz CT molecular complexity index is 1010. The van der Waals surface area contributed by atoms with Gasteiger partial charge in [-0.15, -0.1) is 11.3 Å². The molecule has 0 aliphatic rings. The van der Waals surface area contributed by atoms with E-state index in [4.69, 9.17) is 11.8 Å². The molecule has 0 spiro atoms. The van der Waals surface area contributed by atoms with Crippen molar-refractivity contribution in [3.8, 4) is 27.6 Å². The van der Waals surface area contributed by atoms with E-state index in [0.29, 0.717) is 22.4 Å². The Morgan fingerprint density at radius 1 is 1.29 bits per heavy atom. The quantitative estimate of drug-likeness (QED) is 0.715. The van der Waals surface area contributed by atoms with Gasteiger partial charge >= 0.3 is 5.97 Å². The van der Waals surface area contributed by atoms with E-state index in [0.717, 1.165) is 10.4 Å². The summed E-state index contributed by atoms with van der Waals surface area (Å²) in [6.45, 7) is 7.28. The number of carbonyl (C=O) groups is 1. The number of carboxylic acid groups (broad SMARTS) is 1. The molecule has 1 aromatic carbocycles. The van der Waals surface area contributed by atoms with Crippen LogP contribution in [0.25, 0.3) is 26.4 Å². The number of nitrogens with zero attached hydrogens (tertiary/aromatic N) is 3. The fourth-order valence-electron chi connectivity index (χ4n) is 2.65. The summed E-state index contributed by atoms with van der Waals surface area (Å²) in [5, 5.41) is 20.4. The number of aryl methyl sites for hydroxylation is 1. The fourth-order valence-corrected chi connectivity index (χ4v) is 3.50. The molecular formula is C18H11N3O2S. The lowest BCUT2D eigenvalue weighted by atomic mass is 10.0. The second-order valence-corrected chi connectivity index (χ2v) is 6.03. The van der Waals surface area contributed by atoms with Crippen LogP contribution in [0.3, 0.4) is 0 Å². The molecule has 2 heterocycles. The van der Waals surface area contributed by atoms with Gasteiger partial charge in [-0.05, 0) is 22.6 Å². The van der Waals surface area contributed by atoms with Gasteiger partial charge < -0.3 is 9.67 Å². The van der Waals surface area contributed by atoms with E-state index in [2.05, 4.69) is 10.9 Å². The zero-order valence-corrected chi connectivity index (χ0v) is 13.5. The maximum atomic E-state index is 11.5. The van der Waals surface area contributed by atoms with E-state index in [-0.39, 0.29) is 5.69 Å². The summed E-state index contributed by atoms with van der Waals surface area (Å²) in [4.78, 5) is 15.8. The predicted molar refractivity (Wildman–Crippen MR) is 92.1 cm³/mol. The van der Waals surface area contributed by atoms with Crippen LogP contribution < -0.4 is 0 Å². The van der Waals surface area contributed by atoms with E-state index in [1.807, 2.05) is 17.5 Å². The number of hydrogen-bond acceptors (Lipinski definition) is 3. The van der Waals surface area contributed by atoms with Crippen LogP contribution in [0.2, 0.25) is 0 Å². The molecule has 0 aliphatic carbocycles. The van der Waals surface area contributed by atoms with Crippen molar-refractivity contribution >= 4 is 23.0 Å². The molecule has 1 N–H and O–H groups in total. The number of carboxylic acids is 1. The van der Waals surface area contributed by atoms with Crippen molar-refractivity contribution < 1.29 is 9.90 Å². The first-order valence-electron chi connectivity index (χ1n) is 6.95. The van der Waals surface area contributed by atoms with E-state index in [1.165, 1.54) is 22.1 Å². The minimum Gasteiger partial charge on any atom is -0.477 e. The predicted octanol–water partition coefficient (Wildman–Crippen LogP) is 4.54. The molecule has 3 rings (SSSR count). The highest BCUT2D eigenvalue weighted by Crippen LogP contribution is 2.37. The van der Waals surface area contributed by atoms with Crippen LogP contribution >= 0.6 is 11.3 Å². The highest BCUT2D eigenvalue weighted by Gasteiger charge is 2.21. The largest absolute Gasteiger partial charge is 0.477 e. The molecule has 0 bridgehead atoms. The summed E-state index contributed by atoms with van der Waals surface area (Å²) in [6.07, 6.45) is 1.52. The van der Waals surface area contributed by atoms with Crippen molar-refractivity contribution in [2.75, 3.05) is 0 Å². The molecular weight excluding hydrogens is 322 g/mol. The van der Waals surface area contributed by atoms with Gasteiger partial charge in [0, 0.05) is 18.8 Å². The molecule has 0 unspecified atom stereocenters. The standard InChI is InChI=1S/C18H11N3O2S/c1-20-14-10-21(2)16(18(22)23)15(14)11-3-5-12(6-4-11)17-13(9-19)7-8-24-17/h3-8,10H,2H3,(H,22,23). The number of aromatic nitrogens is 1. The Labute approximate surface area is 142 Å². The topological polar surface area (TPSA) is 70.4 Å². The van der Waals surface area contributed by atoms with E-state index >= 15 is 0 Å². The second-order valence-electron chi connectivity index (χ2n) is 5.12. The van der Waals surface area contributed by atoms with Crippen LogP contribution in [-0.2, 0) is 7.05 Å². The first kappa shape index (κ1) is 15.5. The third-order valence-corrected chi connectivity index (χ3v) is 4.67. The smallest absolute Gasteiger partial charge is 0.351 e. The molecule has 6 heteroatoms. The SMILES string of the molecule is [C-]#[N+]c1cn(C)c(C(=O)O)c1-c1ccc(-c2sccc2C#N)cc1. The van der Waals surface area contributed by atoms with Gasteiger partial charge in [0.2, 0.25) is 5.69 Å². The third kappa shape index (κ3) is 2.45. The van der Waals surface area contributed by atoms with Gasteiger partial charge in [0.05, 0.1) is 17.0 Å². The van der Waals surface area contributed by atoms with Crippen molar-refractivity contribution in [1.29, 1.82) is 5.26 Å². The van der Waals surface area contributed by atoms with Crippen molar-refractivity contribution in [2.45, 2.75) is 0 Å². The molecule has 116 valence electrons. The van der Waals surface area contributed by atoms with Gasteiger partial charge in [0.1, 0.15) is 11.8 Å². The van der Waals surface area contributed by atoms with Crippen LogP contribution in [0.1, 0.15) is 16.1 Å². The van der Waals surface area contributed by atoms with E-state index in [1.54, 1.807) is 25.2 Å². The van der Waals surface area contributed by atoms with Crippen molar-refractivity contribution in [1.82, 2.24) is 4.57 Å². The van der Waals surface area contributed by atoms with E-state index < -0.39 is 5.97 Å². The van der Waals surface area contributed by atoms with Gasteiger partial charge in [-0.2, -0.15) is 5.26 Å². The Morgan fingerprint density at radius 3 is 2.54 bits per heavy atom. The molecule has 3 aromatic rings. The first-order valence-corrected chi connectivity index (χ1v) is 7.83. The van der Waals surface area contributed by atoms with Crippen molar-refractivity contribution in [3.63, 3.8) is 0 Å². The molecule has 24 heavy (non-hydrogen) atoms. The van der Waals surface area contributed by atoms with Gasteiger partial charge in [-0.1, -0.05) is 24.3 Å². The lowest BCUT2D eigenvalue weighted by Gasteiger charge is -2.06. The highest BCUT2D eigenvalue weighted by atomic mass is 32.1. The maximum absolute atomic E-state index is 11.5. The number of rotatable bonds is 3. The fraction of sp³-hybridized carbons (Fsp3) is 0.0556. The van der Waals surface area contributed by atoms with E-state index in [9.17, 15) is 9.90 Å². The number of thiophene rings is 1. The van der Waals surface area contributed by atoms with Gasteiger partial charge in [0.25, 0.3) is 0 Å². The van der Waals surface area contributed by atoms with Crippen molar-refractivity contribution in [2.24, 2.45) is 7.05 Å². The Kier molecular flexibility index (Phi) is 3.91. The summed E-state index contributed by atoms with van der Waals surface area (Å²) in [7, 11) is 1.61. The minimum absolute atomic E-state index is 0.0857. The lowest BCUT2D eigenvalue weighted by Crippen LogP contribution is -2.05. The minimum atomic E-state index is -1.07. The Balaban J connectivity index is 2.12. The number of benzene rings is 1. The summed E-state index contributed by atoms with van der Waals surface area (Å²) < 4.78 is 1.45. The van der Waals surface area contributed by atoms with Crippen LogP contribution in [-0.4, -0.2) is 15.6 Å². The van der Waals surface area contributed by atoms with Crippen LogP contribution in [0.4, 0.5) is 5.69 Å². The number of nitriles is 1. The Hall–Kier alpha value is -3.35. The zero-order chi connectivity index (χ0) is 17.3. The van der Waals surface area contributed by atoms with Gasteiger partial charge in [0.15, 0.2) is 0 Å². The zero-order valence-electron chi connectivity index (χ0n) is 12.6. The average Bonchev–Trinajstić information content (AvgIpc) is 3.18. The lowest BCUT2D eigenvalue weighted by molar-refractivity contribution is 0.0687. The summed E-state index contributed by atoms with van der Waals surface area (Å²) >= 11 is 1.48. The molecule has 5 nitrogen and oxygen atoms in total. The molecule has 0 fully saturated rings. The first-order chi connectivity index (χ1) is 11.6. The normalized spacial score (nSPS) is 10.1. The highest BCUT2D eigenvalue weighted by molar-refractivity contribution is 7.13. The Morgan fingerprint density at radius 2 is 1.96 bits per heavy atom. The third-order valence-electron chi connectivity index (χ3n) is 3.71. The molecule has 0 saturated heterocycles. The monoisotopic (exact) mass is 333 g/mol. The number of hydrogen-bond donors (Lipinski definition) is 1. The van der Waals surface area contributed by atoms with Gasteiger partial charge in [-0.3, -0.25) is 0 Å². The molecule has 0 radical (unpaired) electrons. The summed E-state index contributed by atoms with van der Waals surface area (Å²) in [5.41, 5.74) is 2.97. The maximum Gasteiger partial charge on any atom is 0.351 e. The van der Waals surface area contributed by atoms with Crippen LogP contribution in [0.15, 0.2) is 41.9 Å². The molecule has 0 saturated carbocycles. The van der Waals surface area contributed by atoms with Crippen LogP contribution in [0.5, 0.6) is 0 Å². The van der Waals surface area contributed by atoms with Crippen molar-refractivity contribution in [3.05, 3.63) is 64.6 Å².